The fraction of sp³-hybridized carbons (Fsp3) is 0.818. The van der Waals surface area contributed by atoms with Gasteiger partial charge >= 0.3 is 11.9 Å². The Kier molecular flexibility index (Phi) is 4.24. The van der Waals surface area contributed by atoms with E-state index < -0.39 is 0 Å². The predicted molar refractivity (Wildman–Crippen MR) is 98.1 cm³/mol. The second-order valence-electron chi connectivity index (χ2n) is 9.57. The van der Waals surface area contributed by atoms with Crippen molar-refractivity contribution in [1.82, 2.24) is 0 Å². The highest BCUT2D eigenvalue weighted by Gasteiger charge is 2.67. The topological polar surface area (TPSA) is 52.6 Å². The summed E-state index contributed by atoms with van der Waals surface area (Å²) in [7, 11) is 1.49. The molecule has 1 spiro atoms. The third kappa shape index (κ3) is 2.40. The molecule has 0 N–H and O–H groups in total. The lowest BCUT2D eigenvalue weighted by atomic mass is 9.42. The third-order valence-electron chi connectivity index (χ3n) is 8.54. The van der Waals surface area contributed by atoms with Crippen LogP contribution >= 0.6 is 0 Å². The highest BCUT2D eigenvalue weighted by atomic mass is 16.5. The van der Waals surface area contributed by atoms with Gasteiger partial charge in [0.2, 0.25) is 0 Å². The van der Waals surface area contributed by atoms with Crippen LogP contribution in [0.25, 0.3) is 0 Å². The number of carbonyl (C=O) groups excluding carboxylic acids is 2. The van der Waals surface area contributed by atoms with Gasteiger partial charge in [-0.1, -0.05) is 25.5 Å². The average Bonchev–Trinajstić information content (AvgIpc) is 2.84. The molecule has 4 aliphatic rings. The minimum atomic E-state index is -0.197. The fourth-order valence-corrected chi connectivity index (χ4v) is 7.61. The van der Waals surface area contributed by atoms with E-state index in [2.05, 4.69) is 13.5 Å². The summed E-state index contributed by atoms with van der Waals surface area (Å²) in [5, 5.41) is 0. The van der Waals surface area contributed by atoms with Gasteiger partial charge < -0.3 is 9.47 Å². The summed E-state index contributed by atoms with van der Waals surface area (Å²) in [5.74, 6) is 0.996. The van der Waals surface area contributed by atoms with Crippen LogP contribution in [-0.2, 0) is 19.1 Å². The van der Waals surface area contributed by atoms with Gasteiger partial charge in [0.25, 0.3) is 0 Å². The number of rotatable bonds is 2. The third-order valence-corrected chi connectivity index (χ3v) is 8.54. The Hall–Kier alpha value is -1.32. The molecule has 4 rings (SSSR count). The lowest BCUT2D eigenvalue weighted by molar-refractivity contribution is -0.206. The van der Waals surface area contributed by atoms with Crippen LogP contribution in [0.15, 0.2) is 12.2 Å². The number of allylic oxidation sites excluding steroid dienone is 1. The standard InChI is InChI=1S/C22H32O4/c1-13-11-22-12-15(13)7-8-18(22)21(3)9-5-6-16(20(24)25-4)17(21)10-19(22)26-14(2)23/h15-19H,1,5-12H2,2-4H3/t15-,16-,17-,18+,19+,21-,22+/m1/s1. The molecule has 0 aliphatic heterocycles. The molecule has 4 fully saturated rings. The first kappa shape index (κ1) is 18.1. The Morgan fingerprint density at radius 2 is 2.00 bits per heavy atom. The second kappa shape index (κ2) is 6.10. The lowest BCUT2D eigenvalue weighted by Crippen LogP contribution is -2.61. The van der Waals surface area contributed by atoms with E-state index in [9.17, 15) is 9.59 Å². The van der Waals surface area contributed by atoms with E-state index in [4.69, 9.17) is 9.47 Å². The minimum absolute atomic E-state index is 0.0366. The van der Waals surface area contributed by atoms with E-state index >= 15 is 0 Å². The molecule has 0 aromatic rings. The Bertz CT molecular complexity index is 640. The largest absolute Gasteiger partial charge is 0.469 e. The molecule has 0 radical (unpaired) electrons. The Morgan fingerprint density at radius 3 is 2.69 bits per heavy atom. The Labute approximate surface area is 156 Å². The van der Waals surface area contributed by atoms with E-state index in [1.807, 2.05) is 0 Å². The van der Waals surface area contributed by atoms with Crippen LogP contribution in [0, 0.1) is 34.5 Å². The molecule has 7 atom stereocenters. The van der Waals surface area contributed by atoms with Gasteiger partial charge in [-0.2, -0.15) is 0 Å². The highest BCUT2D eigenvalue weighted by molar-refractivity contribution is 5.73. The van der Waals surface area contributed by atoms with Gasteiger partial charge in [-0.15, -0.1) is 0 Å². The lowest BCUT2D eigenvalue weighted by Gasteiger charge is -2.63. The van der Waals surface area contributed by atoms with Crippen LogP contribution in [-0.4, -0.2) is 25.2 Å². The minimum Gasteiger partial charge on any atom is -0.469 e. The summed E-state index contributed by atoms with van der Waals surface area (Å²) in [5.41, 5.74) is 1.52. The average molecular weight is 360 g/mol. The van der Waals surface area contributed by atoms with Crippen LogP contribution in [0.2, 0.25) is 0 Å². The first-order chi connectivity index (χ1) is 12.3. The second-order valence-corrected chi connectivity index (χ2v) is 9.57. The quantitative estimate of drug-likeness (QED) is 0.545. The molecule has 144 valence electrons. The Morgan fingerprint density at radius 1 is 1.23 bits per heavy atom. The van der Waals surface area contributed by atoms with E-state index in [-0.39, 0.29) is 40.7 Å². The zero-order chi connectivity index (χ0) is 18.7. The molecule has 0 heterocycles. The van der Waals surface area contributed by atoms with Crippen molar-refractivity contribution in [3.8, 4) is 0 Å². The van der Waals surface area contributed by atoms with Crippen molar-refractivity contribution in [1.29, 1.82) is 0 Å². The monoisotopic (exact) mass is 360 g/mol. The zero-order valence-corrected chi connectivity index (χ0v) is 16.4. The number of methoxy groups -OCH3 is 1. The molecule has 2 bridgehead atoms. The van der Waals surface area contributed by atoms with Crippen LogP contribution in [0.3, 0.4) is 0 Å². The number of hydrogen-bond donors (Lipinski definition) is 0. The summed E-state index contributed by atoms with van der Waals surface area (Å²) in [6, 6.07) is 0. The molecular formula is C22H32O4. The summed E-state index contributed by atoms with van der Waals surface area (Å²) in [6.45, 7) is 8.29. The van der Waals surface area contributed by atoms with Gasteiger partial charge in [-0.05, 0) is 68.1 Å². The van der Waals surface area contributed by atoms with E-state index in [1.54, 1.807) is 0 Å². The zero-order valence-electron chi connectivity index (χ0n) is 16.4. The molecule has 26 heavy (non-hydrogen) atoms. The SMILES string of the molecule is C=C1C[C@]23C[C@H]1CC[C@H]2[C@]1(C)CCC[C@@H](C(=O)OC)[C@H]1C[C@@H]3OC(C)=O. The van der Waals surface area contributed by atoms with Crippen LogP contribution in [0.5, 0.6) is 0 Å². The number of fused-ring (bicyclic) bond motifs is 3. The van der Waals surface area contributed by atoms with Crippen molar-refractivity contribution in [3.63, 3.8) is 0 Å². The molecular weight excluding hydrogens is 328 g/mol. The molecule has 0 unspecified atom stereocenters. The summed E-state index contributed by atoms with van der Waals surface area (Å²) in [4.78, 5) is 24.4. The first-order valence-corrected chi connectivity index (χ1v) is 10.2. The molecule has 4 saturated carbocycles. The summed E-state index contributed by atoms with van der Waals surface area (Å²) in [6.07, 6.45) is 8.33. The van der Waals surface area contributed by atoms with E-state index in [0.717, 1.165) is 32.1 Å². The molecule has 4 heteroatoms. The predicted octanol–water partition coefficient (Wildman–Crippen LogP) is 4.28. The summed E-state index contributed by atoms with van der Waals surface area (Å²) < 4.78 is 11.1. The summed E-state index contributed by atoms with van der Waals surface area (Å²) >= 11 is 0. The molecule has 0 aromatic carbocycles. The van der Waals surface area contributed by atoms with Crippen LogP contribution < -0.4 is 0 Å². The van der Waals surface area contributed by atoms with Crippen LogP contribution in [0.4, 0.5) is 0 Å². The van der Waals surface area contributed by atoms with Crippen molar-refractivity contribution < 1.29 is 19.1 Å². The maximum Gasteiger partial charge on any atom is 0.308 e. The van der Waals surface area contributed by atoms with Crippen molar-refractivity contribution in [2.75, 3.05) is 7.11 Å². The van der Waals surface area contributed by atoms with Crippen LogP contribution in [0.1, 0.15) is 65.2 Å². The van der Waals surface area contributed by atoms with Gasteiger partial charge in [0.1, 0.15) is 6.10 Å². The molecule has 0 aromatic heterocycles. The maximum atomic E-state index is 12.5. The van der Waals surface area contributed by atoms with Gasteiger partial charge in [0, 0.05) is 12.3 Å². The van der Waals surface area contributed by atoms with Gasteiger partial charge in [-0.3, -0.25) is 9.59 Å². The van der Waals surface area contributed by atoms with Gasteiger partial charge in [-0.25, -0.2) is 0 Å². The number of ether oxygens (including phenoxy) is 2. The first-order valence-electron chi connectivity index (χ1n) is 10.2. The highest BCUT2D eigenvalue weighted by Crippen LogP contribution is 2.71. The van der Waals surface area contributed by atoms with E-state index in [1.165, 1.54) is 38.9 Å². The number of carbonyl (C=O) groups is 2. The number of hydrogen-bond acceptors (Lipinski definition) is 4. The van der Waals surface area contributed by atoms with Crippen molar-refractivity contribution in [2.45, 2.75) is 71.3 Å². The normalized spacial score (nSPS) is 46.9. The molecule has 0 amide bonds. The van der Waals surface area contributed by atoms with Crippen molar-refractivity contribution in [3.05, 3.63) is 12.2 Å². The molecule has 0 saturated heterocycles. The molecule has 4 aliphatic carbocycles. The van der Waals surface area contributed by atoms with Crippen molar-refractivity contribution >= 4 is 11.9 Å². The van der Waals surface area contributed by atoms with Gasteiger partial charge in [0.15, 0.2) is 0 Å². The molecule has 4 nitrogen and oxygen atoms in total. The van der Waals surface area contributed by atoms with E-state index in [0.29, 0.717) is 11.8 Å². The fourth-order valence-electron chi connectivity index (χ4n) is 7.61. The van der Waals surface area contributed by atoms with Gasteiger partial charge in [0.05, 0.1) is 13.0 Å². The number of esters is 2. The Balaban J connectivity index is 1.76. The van der Waals surface area contributed by atoms with Crippen molar-refractivity contribution in [2.24, 2.45) is 34.5 Å². The smallest absolute Gasteiger partial charge is 0.308 e. The maximum absolute atomic E-state index is 12.5.